The van der Waals surface area contributed by atoms with Crippen molar-refractivity contribution in [3.8, 4) is 5.75 Å². The van der Waals surface area contributed by atoms with Gasteiger partial charge in [0.2, 0.25) is 0 Å². The summed E-state index contributed by atoms with van der Waals surface area (Å²) in [6.07, 6.45) is 11.5. The average molecular weight is 549 g/mol. The van der Waals surface area contributed by atoms with Crippen LogP contribution in [0.1, 0.15) is 76.0 Å². The van der Waals surface area contributed by atoms with E-state index in [4.69, 9.17) is 4.74 Å². The summed E-state index contributed by atoms with van der Waals surface area (Å²) in [5.74, 6) is -1.73. The van der Waals surface area contributed by atoms with Gasteiger partial charge in [-0.25, -0.2) is 8.42 Å². The molecule has 0 aromatic heterocycles. The highest BCUT2D eigenvalue weighted by Crippen LogP contribution is 2.42. The van der Waals surface area contributed by atoms with Gasteiger partial charge in [-0.1, -0.05) is 51.0 Å². The number of benzene rings is 1. The number of allylic oxidation sites excluding steroid dienone is 3. The molecule has 2 aliphatic rings. The Balaban J connectivity index is 2.08. The number of unbranched alkanes of at least 4 members (excludes halogenated alkanes) is 1. The zero-order chi connectivity index (χ0) is 27.9. The van der Waals surface area contributed by atoms with Crippen molar-refractivity contribution in [2.75, 3.05) is 12.9 Å². The van der Waals surface area contributed by atoms with E-state index in [0.717, 1.165) is 25.7 Å². The number of carbonyl (C=O) groups is 2. The molecule has 0 saturated heterocycles. The molecular weight excluding hydrogens is 508 g/mol. The van der Waals surface area contributed by atoms with E-state index in [0.29, 0.717) is 23.3 Å². The van der Waals surface area contributed by atoms with Crippen molar-refractivity contribution in [3.63, 3.8) is 0 Å². The molecule has 9 nitrogen and oxygen atoms in total. The van der Waals surface area contributed by atoms with Gasteiger partial charge in [0.25, 0.3) is 0 Å². The van der Waals surface area contributed by atoms with Crippen molar-refractivity contribution >= 4 is 21.8 Å². The molecule has 3 atom stereocenters. The van der Waals surface area contributed by atoms with Crippen molar-refractivity contribution in [2.24, 2.45) is 5.92 Å². The van der Waals surface area contributed by atoms with Crippen molar-refractivity contribution in [2.45, 2.75) is 87.9 Å². The lowest BCUT2D eigenvalue weighted by molar-refractivity contribution is -0.139. The molecule has 38 heavy (non-hydrogen) atoms. The van der Waals surface area contributed by atoms with Crippen LogP contribution >= 0.6 is 0 Å². The van der Waals surface area contributed by atoms with E-state index in [1.54, 1.807) is 12.1 Å². The summed E-state index contributed by atoms with van der Waals surface area (Å²) in [4.78, 5) is 22.7. The third kappa shape index (κ3) is 7.24. The van der Waals surface area contributed by atoms with Crippen LogP contribution in [-0.4, -0.2) is 55.0 Å². The Bertz CT molecular complexity index is 1160. The van der Waals surface area contributed by atoms with Crippen LogP contribution in [-0.2, 0) is 26.0 Å². The molecule has 0 saturated carbocycles. The number of nitrogens with one attached hydrogen (secondary N) is 2. The Morgan fingerprint density at radius 3 is 2.45 bits per heavy atom. The van der Waals surface area contributed by atoms with Crippen LogP contribution in [0.25, 0.3) is 0 Å². The molecule has 0 fully saturated rings. The number of carboxylic acid groups (broad SMARTS) is 2. The number of hydrogen-bond acceptors (Lipinski definition) is 7. The summed E-state index contributed by atoms with van der Waals surface area (Å²) in [6, 6.07) is 2.34. The van der Waals surface area contributed by atoms with E-state index in [2.05, 4.69) is 29.7 Å². The Labute approximate surface area is 225 Å². The van der Waals surface area contributed by atoms with Crippen molar-refractivity contribution in [1.82, 2.24) is 10.6 Å². The summed E-state index contributed by atoms with van der Waals surface area (Å²) in [5.41, 5.74) is 0.619. The molecule has 10 heteroatoms. The third-order valence-electron chi connectivity index (χ3n) is 7.56. The highest BCUT2D eigenvalue weighted by Gasteiger charge is 2.43. The van der Waals surface area contributed by atoms with Crippen LogP contribution in [0.15, 0.2) is 41.3 Å². The predicted molar refractivity (Wildman–Crippen MR) is 145 cm³/mol. The van der Waals surface area contributed by atoms with Crippen molar-refractivity contribution < 1.29 is 33.0 Å². The molecule has 210 valence electrons. The SMILES string of the molecule is CCCC[C@]1(CC)CS(=O)(=O)c2cc(CNC(CC(=O)O)CC(=O)O)c(OC)cc2[C@@H](C2C=CC=CC2)N1. The minimum absolute atomic E-state index is 0.0217. The van der Waals surface area contributed by atoms with Gasteiger partial charge in [0, 0.05) is 35.6 Å². The van der Waals surface area contributed by atoms with E-state index < -0.39 is 33.4 Å². The van der Waals surface area contributed by atoms with Crippen LogP contribution < -0.4 is 15.4 Å². The molecule has 0 amide bonds. The zero-order valence-corrected chi connectivity index (χ0v) is 23.2. The molecule has 4 N–H and O–H groups in total. The van der Waals surface area contributed by atoms with Gasteiger partial charge in [0.05, 0.1) is 30.6 Å². The highest BCUT2D eigenvalue weighted by molar-refractivity contribution is 7.91. The number of hydrogen-bond donors (Lipinski definition) is 4. The minimum atomic E-state index is -3.70. The summed E-state index contributed by atoms with van der Waals surface area (Å²) in [5, 5.41) is 25.1. The van der Waals surface area contributed by atoms with E-state index >= 15 is 0 Å². The first kappa shape index (κ1) is 29.9. The quantitative estimate of drug-likeness (QED) is 0.288. The van der Waals surface area contributed by atoms with Crippen LogP contribution in [0.4, 0.5) is 0 Å². The largest absolute Gasteiger partial charge is 0.496 e. The fourth-order valence-corrected chi connectivity index (χ4v) is 7.65. The molecule has 1 unspecified atom stereocenters. The lowest BCUT2D eigenvalue weighted by Gasteiger charge is -2.38. The second-order valence-electron chi connectivity index (χ2n) is 10.3. The summed E-state index contributed by atoms with van der Waals surface area (Å²) < 4.78 is 33.6. The van der Waals surface area contributed by atoms with Crippen molar-refractivity contribution in [3.05, 3.63) is 47.6 Å². The minimum Gasteiger partial charge on any atom is -0.496 e. The number of carboxylic acids is 2. The normalized spacial score (nSPS) is 24.1. The van der Waals surface area contributed by atoms with Gasteiger partial charge in [-0.15, -0.1) is 0 Å². The maximum atomic E-state index is 14.0. The highest BCUT2D eigenvalue weighted by atomic mass is 32.2. The zero-order valence-electron chi connectivity index (χ0n) is 22.4. The van der Waals surface area contributed by atoms with E-state index in [1.807, 2.05) is 19.1 Å². The fourth-order valence-electron chi connectivity index (χ4n) is 5.47. The van der Waals surface area contributed by atoms with E-state index in [9.17, 15) is 28.2 Å². The molecule has 0 bridgehead atoms. The number of aliphatic carboxylic acids is 2. The molecule has 1 aromatic rings. The average Bonchev–Trinajstić information content (AvgIpc) is 2.97. The molecule has 1 aliphatic heterocycles. The topological polar surface area (TPSA) is 142 Å². The van der Waals surface area contributed by atoms with Gasteiger partial charge < -0.3 is 25.6 Å². The maximum absolute atomic E-state index is 14.0. The number of methoxy groups -OCH3 is 1. The first-order chi connectivity index (χ1) is 18.0. The van der Waals surface area contributed by atoms with Gasteiger partial charge in [-0.3, -0.25) is 9.59 Å². The van der Waals surface area contributed by atoms with Crippen LogP contribution in [0.5, 0.6) is 5.75 Å². The molecular formula is C28H40N2O7S. The van der Waals surface area contributed by atoms with Gasteiger partial charge in [0.15, 0.2) is 9.84 Å². The van der Waals surface area contributed by atoms with E-state index in [1.165, 1.54) is 7.11 Å². The van der Waals surface area contributed by atoms with Crippen LogP contribution in [0, 0.1) is 5.92 Å². The van der Waals surface area contributed by atoms with Gasteiger partial charge in [-0.05, 0) is 37.0 Å². The molecule has 1 aliphatic carbocycles. The Kier molecular flexibility index (Phi) is 10.1. The smallest absolute Gasteiger partial charge is 0.304 e. The van der Waals surface area contributed by atoms with Gasteiger partial charge in [-0.2, -0.15) is 0 Å². The summed E-state index contributed by atoms with van der Waals surface area (Å²) in [7, 11) is -2.19. The Hall–Kier alpha value is -2.69. The number of rotatable bonds is 13. The number of fused-ring (bicyclic) bond motifs is 1. The monoisotopic (exact) mass is 548 g/mol. The Morgan fingerprint density at radius 2 is 1.89 bits per heavy atom. The Morgan fingerprint density at radius 1 is 1.18 bits per heavy atom. The molecule has 3 rings (SSSR count). The fraction of sp³-hybridized carbons (Fsp3) is 0.571. The maximum Gasteiger partial charge on any atom is 0.304 e. The molecule has 1 aromatic carbocycles. The van der Waals surface area contributed by atoms with Crippen LogP contribution in [0.2, 0.25) is 0 Å². The predicted octanol–water partition coefficient (Wildman–Crippen LogP) is 3.99. The first-order valence-corrected chi connectivity index (χ1v) is 14.9. The second-order valence-corrected chi connectivity index (χ2v) is 12.3. The standard InChI is InChI=1S/C28H40N2O7S/c1-4-6-12-28(5-2)18-38(35,36)24-13-20(17-29-21(14-25(31)32)15-26(33)34)23(37-3)16-22(24)27(30-28)19-10-8-7-9-11-19/h7-10,13,16,19,21,27,29-30H,4-6,11-12,14-15,17-18H2,1-3H3,(H,31,32)(H,33,34)/t19?,27-,28-/m1/s1. The number of sulfone groups is 1. The van der Waals surface area contributed by atoms with Gasteiger partial charge in [0.1, 0.15) is 5.75 Å². The van der Waals surface area contributed by atoms with Gasteiger partial charge >= 0.3 is 11.9 Å². The molecule has 1 heterocycles. The number of ether oxygens (including phenoxy) is 1. The summed E-state index contributed by atoms with van der Waals surface area (Å²) >= 11 is 0. The molecule has 0 spiro atoms. The first-order valence-electron chi connectivity index (χ1n) is 13.3. The second kappa shape index (κ2) is 12.9. The van der Waals surface area contributed by atoms with E-state index in [-0.39, 0.29) is 42.0 Å². The lowest BCUT2D eigenvalue weighted by Crippen LogP contribution is -2.51. The summed E-state index contributed by atoms with van der Waals surface area (Å²) in [6.45, 7) is 4.19. The molecule has 0 radical (unpaired) electrons. The lowest BCUT2D eigenvalue weighted by atomic mass is 9.83. The third-order valence-corrected chi connectivity index (χ3v) is 9.52. The van der Waals surface area contributed by atoms with Crippen molar-refractivity contribution in [1.29, 1.82) is 0 Å². The van der Waals surface area contributed by atoms with Crippen LogP contribution in [0.3, 0.4) is 0 Å².